The van der Waals surface area contributed by atoms with Gasteiger partial charge in [0, 0.05) is 30.6 Å². The average Bonchev–Trinajstić information content (AvgIpc) is 3.29. The molecular formula is C23H27N3O4. The lowest BCUT2D eigenvalue weighted by Gasteiger charge is -2.24. The summed E-state index contributed by atoms with van der Waals surface area (Å²) >= 11 is 0. The van der Waals surface area contributed by atoms with Crippen molar-refractivity contribution >= 4 is 11.6 Å². The number of ether oxygens (including phenoxy) is 2. The van der Waals surface area contributed by atoms with Gasteiger partial charge in [0.25, 0.3) is 0 Å². The van der Waals surface area contributed by atoms with Crippen molar-refractivity contribution in [3.8, 4) is 11.5 Å². The SMILES string of the molecule is COc1ccc(CC(=O)Nc2ccc(C(C(C)CO)n3ccnc3)cc2)cc1OC. The molecule has 1 amide bonds. The molecule has 7 nitrogen and oxygen atoms in total. The smallest absolute Gasteiger partial charge is 0.228 e. The van der Waals surface area contributed by atoms with Crippen LogP contribution in [-0.2, 0) is 11.2 Å². The van der Waals surface area contributed by atoms with Gasteiger partial charge in [0.15, 0.2) is 11.5 Å². The Morgan fingerprint density at radius 2 is 1.87 bits per heavy atom. The molecular weight excluding hydrogens is 382 g/mol. The van der Waals surface area contributed by atoms with Crippen molar-refractivity contribution in [3.05, 3.63) is 72.3 Å². The number of aliphatic hydroxyl groups is 1. The minimum atomic E-state index is -0.121. The van der Waals surface area contributed by atoms with Gasteiger partial charge in [0.2, 0.25) is 5.91 Å². The molecule has 2 atom stereocenters. The number of rotatable bonds is 9. The monoisotopic (exact) mass is 409 g/mol. The highest BCUT2D eigenvalue weighted by Crippen LogP contribution is 2.29. The highest BCUT2D eigenvalue weighted by Gasteiger charge is 2.20. The Bertz CT molecular complexity index is 955. The highest BCUT2D eigenvalue weighted by molar-refractivity contribution is 5.92. The van der Waals surface area contributed by atoms with Crippen molar-refractivity contribution in [3.63, 3.8) is 0 Å². The van der Waals surface area contributed by atoms with Crippen LogP contribution in [0, 0.1) is 5.92 Å². The van der Waals surface area contributed by atoms with Crippen LogP contribution >= 0.6 is 0 Å². The van der Waals surface area contributed by atoms with E-state index in [-0.39, 0.29) is 30.9 Å². The molecule has 0 aliphatic rings. The number of amides is 1. The van der Waals surface area contributed by atoms with Gasteiger partial charge in [-0.25, -0.2) is 4.98 Å². The van der Waals surface area contributed by atoms with Crippen LogP contribution in [0.2, 0.25) is 0 Å². The summed E-state index contributed by atoms with van der Waals surface area (Å²) in [4.78, 5) is 16.6. The largest absolute Gasteiger partial charge is 0.493 e. The summed E-state index contributed by atoms with van der Waals surface area (Å²) in [6.07, 6.45) is 5.58. The van der Waals surface area contributed by atoms with Crippen molar-refractivity contribution in [1.82, 2.24) is 9.55 Å². The van der Waals surface area contributed by atoms with E-state index in [0.717, 1.165) is 11.1 Å². The zero-order valence-electron chi connectivity index (χ0n) is 17.4. The summed E-state index contributed by atoms with van der Waals surface area (Å²) in [6.45, 7) is 2.05. The van der Waals surface area contributed by atoms with Crippen LogP contribution in [0.1, 0.15) is 24.1 Å². The molecule has 3 aromatic rings. The van der Waals surface area contributed by atoms with Crippen LogP contribution in [0.4, 0.5) is 5.69 Å². The molecule has 2 N–H and O–H groups in total. The van der Waals surface area contributed by atoms with Gasteiger partial charge < -0.3 is 24.5 Å². The standard InChI is InChI=1S/C23H27N3O4/c1-16(14-27)23(26-11-10-24-15-26)18-5-7-19(8-6-18)25-22(28)13-17-4-9-20(29-2)21(12-17)30-3/h4-12,15-16,23,27H,13-14H2,1-3H3,(H,25,28). The van der Waals surface area contributed by atoms with Crippen LogP contribution in [0.5, 0.6) is 11.5 Å². The number of carbonyl (C=O) groups excluding carboxylic acids is 1. The summed E-state index contributed by atoms with van der Waals surface area (Å²) < 4.78 is 12.5. The van der Waals surface area contributed by atoms with Gasteiger partial charge in [0.05, 0.1) is 33.0 Å². The first-order chi connectivity index (χ1) is 14.5. The predicted octanol–water partition coefficient (Wildman–Crippen LogP) is 3.30. The highest BCUT2D eigenvalue weighted by atomic mass is 16.5. The van der Waals surface area contributed by atoms with E-state index in [1.807, 2.05) is 48.0 Å². The molecule has 0 aliphatic carbocycles. The number of aliphatic hydroxyl groups excluding tert-OH is 1. The summed E-state index contributed by atoms with van der Waals surface area (Å²) in [5.41, 5.74) is 2.58. The van der Waals surface area contributed by atoms with Crippen LogP contribution in [0.25, 0.3) is 0 Å². The Kier molecular flexibility index (Phi) is 7.08. The van der Waals surface area contributed by atoms with Crippen molar-refractivity contribution in [2.45, 2.75) is 19.4 Å². The topological polar surface area (TPSA) is 85.6 Å². The maximum atomic E-state index is 12.5. The summed E-state index contributed by atoms with van der Waals surface area (Å²) in [7, 11) is 3.14. The van der Waals surface area contributed by atoms with E-state index >= 15 is 0 Å². The van der Waals surface area contributed by atoms with E-state index in [4.69, 9.17) is 9.47 Å². The molecule has 0 aliphatic heterocycles. The lowest BCUT2D eigenvalue weighted by Crippen LogP contribution is -2.20. The molecule has 2 aromatic carbocycles. The van der Waals surface area contributed by atoms with Crippen molar-refractivity contribution in [2.24, 2.45) is 5.92 Å². The van der Waals surface area contributed by atoms with Crippen molar-refractivity contribution < 1.29 is 19.4 Å². The Balaban J connectivity index is 1.68. The molecule has 0 fully saturated rings. The van der Waals surface area contributed by atoms with E-state index in [9.17, 15) is 9.90 Å². The Hall–Kier alpha value is -3.32. The van der Waals surface area contributed by atoms with Crippen LogP contribution in [-0.4, -0.2) is 41.4 Å². The minimum Gasteiger partial charge on any atom is -0.493 e. The van der Waals surface area contributed by atoms with E-state index in [2.05, 4.69) is 10.3 Å². The Labute approximate surface area is 176 Å². The predicted molar refractivity (Wildman–Crippen MR) is 115 cm³/mol. The number of nitrogens with one attached hydrogen (secondary N) is 1. The quantitative estimate of drug-likeness (QED) is 0.566. The van der Waals surface area contributed by atoms with E-state index in [0.29, 0.717) is 17.2 Å². The van der Waals surface area contributed by atoms with Crippen LogP contribution in [0.15, 0.2) is 61.2 Å². The van der Waals surface area contributed by atoms with Gasteiger partial charge in [-0.3, -0.25) is 4.79 Å². The molecule has 0 saturated carbocycles. The van der Waals surface area contributed by atoms with E-state index in [1.54, 1.807) is 38.9 Å². The van der Waals surface area contributed by atoms with Crippen molar-refractivity contribution in [2.75, 3.05) is 26.1 Å². The summed E-state index contributed by atoms with van der Waals surface area (Å²) in [5.74, 6) is 1.12. The van der Waals surface area contributed by atoms with Gasteiger partial charge in [0.1, 0.15) is 0 Å². The third-order valence-electron chi connectivity index (χ3n) is 5.02. The molecule has 30 heavy (non-hydrogen) atoms. The first kappa shape index (κ1) is 21.4. The van der Waals surface area contributed by atoms with Gasteiger partial charge in [-0.2, -0.15) is 0 Å². The fourth-order valence-electron chi connectivity index (χ4n) is 3.47. The number of nitrogens with zero attached hydrogens (tertiary/aromatic N) is 2. The maximum Gasteiger partial charge on any atom is 0.228 e. The van der Waals surface area contributed by atoms with E-state index < -0.39 is 0 Å². The number of aromatic nitrogens is 2. The molecule has 0 spiro atoms. The summed E-state index contributed by atoms with van der Waals surface area (Å²) in [5, 5.41) is 12.6. The molecule has 1 heterocycles. The second-order valence-corrected chi connectivity index (χ2v) is 7.15. The Morgan fingerprint density at radius 3 is 2.47 bits per heavy atom. The van der Waals surface area contributed by atoms with Gasteiger partial charge >= 0.3 is 0 Å². The number of hydrogen-bond acceptors (Lipinski definition) is 5. The molecule has 1 aromatic heterocycles. The van der Waals surface area contributed by atoms with Gasteiger partial charge in [-0.15, -0.1) is 0 Å². The minimum absolute atomic E-state index is 0.0182. The lowest BCUT2D eigenvalue weighted by atomic mass is 9.94. The number of anilines is 1. The molecule has 7 heteroatoms. The number of carbonyl (C=O) groups is 1. The molecule has 0 bridgehead atoms. The normalized spacial score (nSPS) is 12.8. The lowest BCUT2D eigenvalue weighted by molar-refractivity contribution is -0.115. The Morgan fingerprint density at radius 1 is 1.13 bits per heavy atom. The molecule has 158 valence electrons. The molecule has 2 unspecified atom stereocenters. The van der Waals surface area contributed by atoms with Crippen LogP contribution in [0.3, 0.4) is 0 Å². The number of imidazole rings is 1. The zero-order valence-corrected chi connectivity index (χ0v) is 17.4. The van der Waals surface area contributed by atoms with Crippen molar-refractivity contribution in [1.29, 1.82) is 0 Å². The second-order valence-electron chi connectivity index (χ2n) is 7.15. The van der Waals surface area contributed by atoms with Gasteiger partial charge in [-0.1, -0.05) is 25.1 Å². The fraction of sp³-hybridized carbons (Fsp3) is 0.304. The van der Waals surface area contributed by atoms with Crippen LogP contribution < -0.4 is 14.8 Å². The molecule has 0 radical (unpaired) electrons. The van der Waals surface area contributed by atoms with Gasteiger partial charge in [-0.05, 0) is 35.4 Å². The third kappa shape index (κ3) is 4.99. The average molecular weight is 409 g/mol. The van der Waals surface area contributed by atoms with E-state index in [1.165, 1.54) is 0 Å². The second kappa shape index (κ2) is 9.93. The summed E-state index contributed by atoms with van der Waals surface area (Å²) in [6, 6.07) is 13.1. The maximum absolute atomic E-state index is 12.5. The number of benzene rings is 2. The first-order valence-corrected chi connectivity index (χ1v) is 9.74. The first-order valence-electron chi connectivity index (χ1n) is 9.74. The number of hydrogen-bond donors (Lipinski definition) is 2. The zero-order chi connectivity index (χ0) is 21.5. The number of methoxy groups -OCH3 is 2. The molecule has 3 rings (SSSR count). The molecule has 0 saturated heterocycles. The third-order valence-corrected chi connectivity index (χ3v) is 5.02. The fourth-order valence-corrected chi connectivity index (χ4v) is 3.47.